The van der Waals surface area contributed by atoms with E-state index in [0.717, 1.165) is 22.6 Å². The van der Waals surface area contributed by atoms with Gasteiger partial charge in [0.25, 0.3) is 0 Å². The molecule has 4 nitrogen and oxygen atoms in total. The van der Waals surface area contributed by atoms with Crippen LogP contribution in [0, 0.1) is 0 Å². The van der Waals surface area contributed by atoms with Crippen molar-refractivity contribution in [2.45, 2.75) is 36.3 Å². The van der Waals surface area contributed by atoms with Gasteiger partial charge in [0.15, 0.2) is 0 Å². The van der Waals surface area contributed by atoms with E-state index in [9.17, 15) is 27.3 Å². The van der Waals surface area contributed by atoms with E-state index < -0.39 is 34.7 Å². The van der Waals surface area contributed by atoms with Gasteiger partial charge in [-0.3, -0.25) is 4.79 Å². The molecular formula is C18H16F3NO3S2. The lowest BCUT2D eigenvalue weighted by Crippen LogP contribution is -2.38. The van der Waals surface area contributed by atoms with Crippen LogP contribution in [0.2, 0.25) is 0 Å². The predicted molar refractivity (Wildman–Crippen MR) is 98.4 cm³/mol. The maximum atomic E-state index is 12.6. The molecule has 0 saturated carbocycles. The third-order valence-electron chi connectivity index (χ3n) is 4.18. The van der Waals surface area contributed by atoms with Gasteiger partial charge >= 0.3 is 12.1 Å². The molecule has 1 aromatic carbocycles. The third kappa shape index (κ3) is 4.15. The highest BCUT2D eigenvalue weighted by Crippen LogP contribution is 2.37. The number of benzene rings is 1. The van der Waals surface area contributed by atoms with Gasteiger partial charge < -0.3 is 5.11 Å². The maximum Gasteiger partial charge on any atom is 0.416 e. The minimum Gasteiger partial charge on any atom is -0.480 e. The molecule has 144 valence electrons. The number of carboxylic acids is 1. The smallest absolute Gasteiger partial charge is 0.416 e. The highest BCUT2D eigenvalue weighted by atomic mass is 32.2. The van der Waals surface area contributed by atoms with Crippen molar-refractivity contribution in [2.75, 3.05) is 0 Å². The summed E-state index contributed by atoms with van der Waals surface area (Å²) in [4.78, 5) is 12.1. The number of rotatable bonds is 5. The standard InChI is InChI=1S/C18H16F3NO3S2/c1-2-15(16(23)24)22-10-12-9-14(26-17(12)27(22)25)8-5-11-3-6-13(7-4-11)18(19,20)21/h3-9,15H,2,10H2,1H3,(H,23,24)/b8-5+. The lowest BCUT2D eigenvalue weighted by Gasteiger charge is -2.20. The number of nitrogens with zero attached hydrogens (tertiary/aromatic N) is 1. The fraction of sp³-hybridized carbons (Fsp3) is 0.278. The summed E-state index contributed by atoms with van der Waals surface area (Å²) in [6.07, 6.45) is -0.564. The van der Waals surface area contributed by atoms with Gasteiger partial charge in [-0.15, -0.1) is 11.3 Å². The summed E-state index contributed by atoms with van der Waals surface area (Å²) in [5.74, 6) is -0.997. The zero-order valence-corrected chi connectivity index (χ0v) is 15.8. The van der Waals surface area contributed by atoms with Gasteiger partial charge in [0.05, 0.1) is 5.56 Å². The topological polar surface area (TPSA) is 57.6 Å². The largest absolute Gasteiger partial charge is 0.480 e. The van der Waals surface area contributed by atoms with Gasteiger partial charge in [-0.2, -0.15) is 13.2 Å². The monoisotopic (exact) mass is 415 g/mol. The van der Waals surface area contributed by atoms with Crippen LogP contribution in [0.5, 0.6) is 0 Å². The number of hydrogen-bond acceptors (Lipinski definition) is 3. The first-order valence-electron chi connectivity index (χ1n) is 8.10. The molecule has 1 aromatic heterocycles. The van der Waals surface area contributed by atoms with Gasteiger partial charge in [0.1, 0.15) is 21.2 Å². The highest BCUT2D eigenvalue weighted by molar-refractivity contribution is 7.85. The molecule has 9 heteroatoms. The summed E-state index contributed by atoms with van der Waals surface area (Å²) in [6, 6.07) is 5.87. The van der Waals surface area contributed by atoms with Gasteiger partial charge in [0, 0.05) is 11.4 Å². The van der Waals surface area contributed by atoms with Crippen LogP contribution in [-0.4, -0.2) is 25.6 Å². The normalized spacial score (nSPS) is 18.7. The number of fused-ring (bicyclic) bond motifs is 1. The number of alkyl halides is 3. The summed E-state index contributed by atoms with van der Waals surface area (Å²) in [5, 5.41) is 9.25. The fourth-order valence-corrected chi connectivity index (χ4v) is 5.75. The van der Waals surface area contributed by atoms with E-state index in [1.807, 2.05) is 6.07 Å². The Hall–Kier alpha value is -1.97. The second-order valence-electron chi connectivity index (χ2n) is 6.00. The lowest BCUT2D eigenvalue weighted by molar-refractivity contribution is -0.141. The van der Waals surface area contributed by atoms with Crippen molar-refractivity contribution < 1.29 is 27.3 Å². The Kier molecular flexibility index (Phi) is 5.55. The first kappa shape index (κ1) is 19.8. The molecule has 0 aliphatic carbocycles. The van der Waals surface area contributed by atoms with Crippen LogP contribution in [0.4, 0.5) is 13.2 Å². The van der Waals surface area contributed by atoms with Gasteiger partial charge in [0.2, 0.25) is 0 Å². The van der Waals surface area contributed by atoms with Crippen molar-refractivity contribution in [1.29, 1.82) is 0 Å². The highest BCUT2D eigenvalue weighted by Gasteiger charge is 2.37. The van der Waals surface area contributed by atoms with E-state index in [0.29, 0.717) is 22.7 Å². The Labute approximate surface area is 160 Å². The molecule has 1 aliphatic heterocycles. The SMILES string of the molecule is CCC(C(=O)O)N1Cc2cc(/C=C/c3ccc(C(F)(F)F)cc3)sc2S1=O. The van der Waals surface area contributed by atoms with Crippen molar-refractivity contribution in [3.05, 3.63) is 51.9 Å². The fourth-order valence-electron chi connectivity index (χ4n) is 2.79. The van der Waals surface area contributed by atoms with Gasteiger partial charge in [-0.05, 0) is 41.8 Å². The zero-order chi connectivity index (χ0) is 19.8. The Morgan fingerprint density at radius 1 is 1.33 bits per heavy atom. The Bertz CT molecular complexity index is 904. The van der Waals surface area contributed by atoms with Crippen LogP contribution < -0.4 is 0 Å². The molecule has 1 N–H and O–H groups in total. The third-order valence-corrected chi connectivity index (χ3v) is 7.19. The summed E-state index contributed by atoms with van der Waals surface area (Å²) in [7, 11) is -1.51. The van der Waals surface area contributed by atoms with Crippen LogP contribution in [0.15, 0.2) is 34.5 Å². The molecule has 0 amide bonds. The molecule has 2 unspecified atom stereocenters. The molecule has 0 saturated heterocycles. The van der Waals surface area contributed by atoms with Crippen LogP contribution in [-0.2, 0) is 28.5 Å². The van der Waals surface area contributed by atoms with Crippen molar-refractivity contribution in [1.82, 2.24) is 4.31 Å². The number of carbonyl (C=O) groups is 1. The van der Waals surface area contributed by atoms with Crippen molar-refractivity contribution in [3.8, 4) is 0 Å². The van der Waals surface area contributed by atoms with Gasteiger partial charge in [-0.1, -0.05) is 25.1 Å². The molecule has 2 heterocycles. The molecule has 0 fully saturated rings. The first-order chi connectivity index (χ1) is 12.7. The molecule has 3 rings (SSSR count). The average Bonchev–Trinajstić information content (AvgIpc) is 3.13. The number of hydrogen-bond donors (Lipinski definition) is 1. The molecule has 0 spiro atoms. The van der Waals surface area contributed by atoms with Crippen LogP contribution >= 0.6 is 11.3 Å². The second kappa shape index (κ2) is 7.57. The first-order valence-corrected chi connectivity index (χ1v) is 10.0. The molecule has 0 radical (unpaired) electrons. The lowest BCUT2D eigenvalue weighted by atomic mass is 10.1. The molecular weight excluding hydrogens is 399 g/mol. The number of halogens is 3. The van der Waals surface area contributed by atoms with Crippen LogP contribution in [0.1, 0.15) is 34.9 Å². The average molecular weight is 415 g/mol. The number of aliphatic carboxylic acids is 1. The zero-order valence-electron chi connectivity index (χ0n) is 14.2. The van der Waals surface area contributed by atoms with E-state index in [1.165, 1.54) is 27.8 Å². The molecule has 1 aliphatic rings. The Balaban J connectivity index is 1.74. The summed E-state index contributed by atoms with van der Waals surface area (Å²) in [5.41, 5.74) is 0.746. The molecule has 2 atom stereocenters. The van der Waals surface area contributed by atoms with E-state index >= 15 is 0 Å². The summed E-state index contributed by atoms with van der Waals surface area (Å²) < 4.78 is 52.4. The molecule has 0 bridgehead atoms. The van der Waals surface area contributed by atoms with Crippen LogP contribution in [0.25, 0.3) is 12.2 Å². The molecule has 27 heavy (non-hydrogen) atoms. The Morgan fingerprint density at radius 2 is 2.00 bits per heavy atom. The minimum absolute atomic E-state index is 0.303. The summed E-state index contributed by atoms with van der Waals surface area (Å²) >= 11 is 1.30. The second-order valence-corrected chi connectivity index (χ2v) is 8.72. The number of carboxylic acid groups (broad SMARTS) is 1. The quantitative estimate of drug-likeness (QED) is 0.774. The van der Waals surface area contributed by atoms with E-state index in [1.54, 1.807) is 19.1 Å². The Morgan fingerprint density at radius 3 is 2.52 bits per heavy atom. The van der Waals surface area contributed by atoms with Crippen molar-refractivity contribution in [2.24, 2.45) is 0 Å². The van der Waals surface area contributed by atoms with Crippen LogP contribution in [0.3, 0.4) is 0 Å². The maximum absolute atomic E-state index is 12.6. The van der Waals surface area contributed by atoms with Crippen molar-refractivity contribution in [3.63, 3.8) is 0 Å². The van der Waals surface area contributed by atoms with Gasteiger partial charge in [-0.25, -0.2) is 8.51 Å². The van der Waals surface area contributed by atoms with E-state index in [4.69, 9.17) is 0 Å². The predicted octanol–water partition coefficient (Wildman–Crippen LogP) is 4.64. The number of thiophene rings is 1. The van der Waals surface area contributed by atoms with E-state index in [2.05, 4.69) is 0 Å². The molecule has 2 aromatic rings. The van der Waals surface area contributed by atoms with E-state index in [-0.39, 0.29) is 0 Å². The van der Waals surface area contributed by atoms with Crippen molar-refractivity contribution >= 4 is 40.4 Å². The summed E-state index contributed by atoms with van der Waals surface area (Å²) in [6.45, 7) is 2.04. The minimum atomic E-state index is -4.36.